The Labute approximate surface area is 171 Å². The van der Waals surface area contributed by atoms with Crippen molar-refractivity contribution in [3.8, 4) is 11.3 Å². The molecule has 4 aromatic rings. The summed E-state index contributed by atoms with van der Waals surface area (Å²) in [6.45, 7) is 0. The van der Waals surface area contributed by atoms with Crippen LogP contribution in [0.25, 0.3) is 11.3 Å². The van der Waals surface area contributed by atoms with Gasteiger partial charge in [0.25, 0.3) is 10.0 Å². The van der Waals surface area contributed by atoms with E-state index < -0.39 is 15.8 Å². The minimum absolute atomic E-state index is 0.00593. The molecule has 6 nitrogen and oxygen atoms in total. The second-order valence-corrected chi connectivity index (χ2v) is 8.58. The van der Waals surface area contributed by atoms with E-state index in [1.165, 1.54) is 23.5 Å². The van der Waals surface area contributed by atoms with Gasteiger partial charge in [0, 0.05) is 22.8 Å². The average molecular weight is 426 g/mol. The third-order valence-electron chi connectivity index (χ3n) is 3.97. The van der Waals surface area contributed by atoms with E-state index in [9.17, 15) is 12.8 Å². The van der Waals surface area contributed by atoms with Crippen LogP contribution in [-0.2, 0) is 10.0 Å². The molecular formula is C20H15FN4O2S2. The molecule has 0 spiro atoms. The number of hydrogen-bond donors (Lipinski definition) is 2. The SMILES string of the molecule is O=S(=O)(Nc1ccc(-c2csc(Nc3cccnc3)n2)cc1)c1ccc(F)cc1. The maximum absolute atomic E-state index is 13.0. The van der Waals surface area contributed by atoms with E-state index in [-0.39, 0.29) is 4.90 Å². The molecule has 0 saturated heterocycles. The summed E-state index contributed by atoms with van der Waals surface area (Å²) in [5, 5.41) is 5.83. The second-order valence-electron chi connectivity index (χ2n) is 6.04. The molecule has 2 aromatic heterocycles. The van der Waals surface area contributed by atoms with Crippen molar-refractivity contribution in [3.05, 3.63) is 84.3 Å². The van der Waals surface area contributed by atoms with Crippen LogP contribution in [0.5, 0.6) is 0 Å². The maximum Gasteiger partial charge on any atom is 0.261 e. The fourth-order valence-electron chi connectivity index (χ4n) is 2.56. The second kappa shape index (κ2) is 7.98. The van der Waals surface area contributed by atoms with E-state index in [2.05, 4.69) is 20.0 Å². The average Bonchev–Trinajstić information content (AvgIpc) is 3.18. The van der Waals surface area contributed by atoms with E-state index in [1.807, 2.05) is 17.5 Å². The minimum atomic E-state index is -3.78. The van der Waals surface area contributed by atoms with Crippen molar-refractivity contribution >= 4 is 37.9 Å². The Bertz CT molecular complexity index is 1210. The zero-order valence-electron chi connectivity index (χ0n) is 14.9. The van der Waals surface area contributed by atoms with Gasteiger partial charge in [-0.25, -0.2) is 17.8 Å². The molecular weight excluding hydrogens is 411 g/mol. The van der Waals surface area contributed by atoms with E-state index >= 15 is 0 Å². The number of benzene rings is 2. The van der Waals surface area contributed by atoms with Gasteiger partial charge in [0.2, 0.25) is 0 Å². The molecule has 2 N–H and O–H groups in total. The third-order valence-corrected chi connectivity index (χ3v) is 6.13. The Kier molecular flexibility index (Phi) is 5.24. The number of anilines is 3. The third kappa shape index (κ3) is 4.58. The highest BCUT2D eigenvalue weighted by Gasteiger charge is 2.14. The van der Waals surface area contributed by atoms with Crippen LogP contribution in [0.15, 0.2) is 83.3 Å². The van der Waals surface area contributed by atoms with Crippen molar-refractivity contribution in [2.75, 3.05) is 10.0 Å². The Morgan fingerprint density at radius 3 is 2.38 bits per heavy atom. The van der Waals surface area contributed by atoms with Gasteiger partial charge in [0.1, 0.15) is 5.82 Å². The van der Waals surface area contributed by atoms with Crippen LogP contribution in [0, 0.1) is 5.82 Å². The highest BCUT2D eigenvalue weighted by Crippen LogP contribution is 2.28. The molecule has 0 aliphatic heterocycles. The number of hydrogen-bond acceptors (Lipinski definition) is 6. The number of pyridine rings is 1. The minimum Gasteiger partial charge on any atom is -0.330 e. The van der Waals surface area contributed by atoms with Crippen LogP contribution in [0.1, 0.15) is 0 Å². The van der Waals surface area contributed by atoms with Crippen molar-refractivity contribution in [2.24, 2.45) is 0 Å². The predicted octanol–water partition coefficient (Wildman–Crippen LogP) is 4.89. The van der Waals surface area contributed by atoms with Gasteiger partial charge < -0.3 is 5.32 Å². The van der Waals surface area contributed by atoms with E-state index in [0.29, 0.717) is 5.69 Å². The molecule has 0 atom stereocenters. The van der Waals surface area contributed by atoms with Crippen molar-refractivity contribution in [1.82, 2.24) is 9.97 Å². The zero-order valence-corrected chi connectivity index (χ0v) is 16.5. The van der Waals surface area contributed by atoms with Gasteiger partial charge >= 0.3 is 0 Å². The van der Waals surface area contributed by atoms with Gasteiger partial charge in [-0.3, -0.25) is 9.71 Å². The summed E-state index contributed by atoms with van der Waals surface area (Å²) in [7, 11) is -3.78. The number of nitrogens with zero attached hydrogens (tertiary/aromatic N) is 2. The van der Waals surface area contributed by atoms with Crippen LogP contribution >= 0.6 is 11.3 Å². The van der Waals surface area contributed by atoms with Crippen molar-refractivity contribution in [3.63, 3.8) is 0 Å². The number of aromatic nitrogens is 2. The summed E-state index contributed by atoms with van der Waals surface area (Å²) in [5.41, 5.74) is 2.88. The monoisotopic (exact) mass is 426 g/mol. The van der Waals surface area contributed by atoms with Crippen LogP contribution < -0.4 is 10.0 Å². The molecule has 0 fully saturated rings. The van der Waals surface area contributed by atoms with Crippen LogP contribution in [-0.4, -0.2) is 18.4 Å². The molecule has 4 rings (SSSR count). The number of sulfonamides is 1. The van der Waals surface area contributed by atoms with Crippen LogP contribution in [0.4, 0.5) is 20.9 Å². The van der Waals surface area contributed by atoms with Gasteiger partial charge in [0.05, 0.1) is 22.5 Å². The first-order chi connectivity index (χ1) is 14.0. The van der Waals surface area contributed by atoms with Crippen molar-refractivity contribution in [2.45, 2.75) is 4.90 Å². The molecule has 0 bridgehead atoms. The first-order valence-electron chi connectivity index (χ1n) is 8.51. The van der Waals surface area contributed by atoms with E-state index in [4.69, 9.17) is 0 Å². The van der Waals surface area contributed by atoms with Crippen LogP contribution in [0.3, 0.4) is 0 Å². The molecule has 0 unspecified atom stereocenters. The van der Waals surface area contributed by atoms with Gasteiger partial charge in [-0.2, -0.15) is 0 Å². The zero-order chi connectivity index (χ0) is 20.3. The molecule has 2 aromatic carbocycles. The van der Waals surface area contributed by atoms with Gasteiger partial charge in [-0.05, 0) is 48.5 Å². The van der Waals surface area contributed by atoms with Gasteiger partial charge in [-0.1, -0.05) is 12.1 Å². The fourth-order valence-corrected chi connectivity index (χ4v) is 4.36. The first-order valence-corrected chi connectivity index (χ1v) is 10.9. The number of thiazole rings is 1. The fraction of sp³-hybridized carbons (Fsp3) is 0. The molecule has 0 aliphatic rings. The quantitative estimate of drug-likeness (QED) is 0.459. The topological polar surface area (TPSA) is 84.0 Å². The molecule has 0 saturated carbocycles. The summed E-state index contributed by atoms with van der Waals surface area (Å²) >= 11 is 1.46. The molecule has 2 heterocycles. The summed E-state index contributed by atoms with van der Waals surface area (Å²) in [6, 6.07) is 15.3. The summed E-state index contributed by atoms with van der Waals surface area (Å²) < 4.78 is 40.3. The lowest BCUT2D eigenvalue weighted by atomic mass is 10.1. The summed E-state index contributed by atoms with van der Waals surface area (Å²) in [6.07, 6.45) is 3.41. The largest absolute Gasteiger partial charge is 0.330 e. The highest BCUT2D eigenvalue weighted by molar-refractivity contribution is 7.92. The Balaban J connectivity index is 1.47. The molecule has 0 radical (unpaired) electrons. The molecule has 9 heteroatoms. The summed E-state index contributed by atoms with van der Waals surface area (Å²) in [5.74, 6) is -0.492. The van der Waals surface area contributed by atoms with Crippen molar-refractivity contribution in [1.29, 1.82) is 0 Å². The highest BCUT2D eigenvalue weighted by atomic mass is 32.2. The lowest BCUT2D eigenvalue weighted by molar-refractivity contribution is 0.599. The number of nitrogens with one attached hydrogen (secondary N) is 2. The molecule has 0 amide bonds. The normalized spacial score (nSPS) is 11.2. The Hall–Kier alpha value is -3.30. The molecule has 0 aliphatic carbocycles. The number of halogens is 1. The maximum atomic E-state index is 13.0. The number of rotatable bonds is 6. The van der Waals surface area contributed by atoms with E-state index in [1.54, 1.807) is 36.7 Å². The Morgan fingerprint density at radius 2 is 1.69 bits per heavy atom. The lowest BCUT2D eigenvalue weighted by Crippen LogP contribution is -2.12. The van der Waals surface area contributed by atoms with E-state index in [0.717, 1.165) is 34.2 Å². The van der Waals surface area contributed by atoms with Gasteiger partial charge in [-0.15, -0.1) is 11.3 Å². The first kappa shape index (κ1) is 19.0. The molecule has 146 valence electrons. The lowest BCUT2D eigenvalue weighted by Gasteiger charge is -2.08. The Morgan fingerprint density at radius 1 is 0.931 bits per heavy atom. The van der Waals surface area contributed by atoms with Gasteiger partial charge in [0.15, 0.2) is 5.13 Å². The van der Waals surface area contributed by atoms with Crippen molar-refractivity contribution < 1.29 is 12.8 Å². The molecule has 29 heavy (non-hydrogen) atoms. The smallest absolute Gasteiger partial charge is 0.261 e. The standard InChI is InChI=1S/C20H15FN4O2S2/c21-15-5-9-18(10-6-15)29(26,27)25-16-7-3-14(4-8-16)19-13-28-20(24-19)23-17-2-1-11-22-12-17/h1-13,25H,(H,23,24). The van der Waals surface area contributed by atoms with Crippen LogP contribution in [0.2, 0.25) is 0 Å². The predicted molar refractivity (Wildman–Crippen MR) is 112 cm³/mol. The summed E-state index contributed by atoms with van der Waals surface area (Å²) in [4.78, 5) is 8.59.